The maximum atomic E-state index is 10.1. The lowest BCUT2D eigenvalue weighted by Crippen LogP contribution is -2.42. The number of aliphatic hydroxyl groups is 1. The summed E-state index contributed by atoms with van der Waals surface area (Å²) in [6.45, 7) is 6.70. The molecule has 2 rings (SSSR count). The second-order valence-corrected chi connectivity index (χ2v) is 7.09. The van der Waals surface area contributed by atoms with Crippen LogP contribution < -0.4 is 14.8 Å². The van der Waals surface area contributed by atoms with Crippen LogP contribution in [-0.4, -0.2) is 47.2 Å². The van der Waals surface area contributed by atoms with Crippen LogP contribution in [0.2, 0.25) is 5.15 Å². The third-order valence-corrected chi connectivity index (χ3v) is 3.60. The van der Waals surface area contributed by atoms with Gasteiger partial charge in [-0.05, 0) is 45.0 Å². The molecule has 2 aromatic rings. The Morgan fingerprint density at radius 2 is 1.96 bits per heavy atom. The summed E-state index contributed by atoms with van der Waals surface area (Å²) >= 11 is 5.80. The SMILES string of the molecule is COc1ccc(-c2ccc(Cl)nn2)c(OCC(O)CNC(C)(C)C)c1. The fourth-order valence-electron chi connectivity index (χ4n) is 2.09. The van der Waals surface area contributed by atoms with Gasteiger partial charge in [0, 0.05) is 23.7 Å². The van der Waals surface area contributed by atoms with Gasteiger partial charge in [0.2, 0.25) is 0 Å². The minimum Gasteiger partial charge on any atom is -0.497 e. The molecule has 7 heteroatoms. The number of aliphatic hydroxyl groups excluding tert-OH is 1. The highest BCUT2D eigenvalue weighted by Gasteiger charge is 2.15. The van der Waals surface area contributed by atoms with Crippen LogP contribution in [0, 0.1) is 0 Å². The van der Waals surface area contributed by atoms with E-state index in [1.165, 1.54) is 0 Å². The minimum atomic E-state index is -0.644. The fourth-order valence-corrected chi connectivity index (χ4v) is 2.19. The van der Waals surface area contributed by atoms with E-state index in [1.54, 1.807) is 25.3 Å². The van der Waals surface area contributed by atoms with E-state index in [2.05, 4.69) is 15.5 Å². The van der Waals surface area contributed by atoms with E-state index >= 15 is 0 Å². The molecule has 0 bridgehead atoms. The van der Waals surface area contributed by atoms with E-state index in [-0.39, 0.29) is 12.1 Å². The van der Waals surface area contributed by atoms with Crippen LogP contribution in [0.3, 0.4) is 0 Å². The first-order chi connectivity index (χ1) is 11.8. The molecule has 2 N–H and O–H groups in total. The molecular formula is C18H24ClN3O3. The summed E-state index contributed by atoms with van der Waals surface area (Å²) in [5, 5.41) is 21.6. The van der Waals surface area contributed by atoms with Crippen LogP contribution in [0.15, 0.2) is 30.3 Å². The van der Waals surface area contributed by atoms with Crippen LogP contribution in [0.25, 0.3) is 11.3 Å². The average molecular weight is 366 g/mol. The topological polar surface area (TPSA) is 76.5 Å². The lowest BCUT2D eigenvalue weighted by Gasteiger charge is -2.23. The van der Waals surface area contributed by atoms with Crippen molar-refractivity contribution in [2.24, 2.45) is 0 Å². The zero-order chi connectivity index (χ0) is 18.4. The maximum Gasteiger partial charge on any atom is 0.151 e. The van der Waals surface area contributed by atoms with Gasteiger partial charge in [-0.1, -0.05) is 11.6 Å². The lowest BCUT2D eigenvalue weighted by molar-refractivity contribution is 0.100. The van der Waals surface area contributed by atoms with Crippen LogP contribution in [0.1, 0.15) is 20.8 Å². The number of nitrogens with zero attached hydrogens (tertiary/aromatic N) is 2. The molecule has 0 spiro atoms. The van der Waals surface area contributed by atoms with Gasteiger partial charge in [-0.25, -0.2) is 0 Å². The van der Waals surface area contributed by atoms with E-state index < -0.39 is 6.10 Å². The molecule has 136 valence electrons. The Bertz CT molecular complexity index is 687. The molecule has 1 aromatic carbocycles. The van der Waals surface area contributed by atoms with Crippen LogP contribution in [-0.2, 0) is 0 Å². The summed E-state index contributed by atoms with van der Waals surface area (Å²) in [5.74, 6) is 1.22. The molecule has 0 amide bonds. The number of aromatic nitrogens is 2. The number of rotatable bonds is 7. The van der Waals surface area contributed by atoms with Gasteiger partial charge in [0.05, 0.1) is 12.8 Å². The molecule has 1 atom stereocenters. The Labute approximate surface area is 153 Å². The molecular weight excluding hydrogens is 342 g/mol. The predicted molar refractivity (Wildman–Crippen MR) is 98.3 cm³/mol. The third kappa shape index (κ3) is 6.16. The Morgan fingerprint density at radius 3 is 2.56 bits per heavy atom. The summed E-state index contributed by atoms with van der Waals surface area (Å²) in [6, 6.07) is 8.85. The summed E-state index contributed by atoms with van der Waals surface area (Å²) in [5.41, 5.74) is 1.31. The van der Waals surface area contributed by atoms with Crippen molar-refractivity contribution in [2.75, 3.05) is 20.3 Å². The summed E-state index contributed by atoms with van der Waals surface area (Å²) in [7, 11) is 1.59. The zero-order valence-electron chi connectivity index (χ0n) is 14.9. The zero-order valence-corrected chi connectivity index (χ0v) is 15.7. The van der Waals surface area contributed by atoms with E-state index in [1.807, 2.05) is 32.9 Å². The molecule has 1 unspecified atom stereocenters. The normalized spacial score (nSPS) is 12.7. The summed E-state index contributed by atoms with van der Waals surface area (Å²) in [6.07, 6.45) is -0.644. The predicted octanol–water partition coefficient (Wildman–Crippen LogP) is 2.93. The molecule has 0 fully saturated rings. The highest BCUT2D eigenvalue weighted by atomic mass is 35.5. The third-order valence-electron chi connectivity index (χ3n) is 3.40. The lowest BCUT2D eigenvalue weighted by atomic mass is 10.1. The number of ether oxygens (including phenoxy) is 2. The Morgan fingerprint density at radius 1 is 1.20 bits per heavy atom. The Hall–Kier alpha value is -1.89. The molecule has 1 heterocycles. The first kappa shape index (κ1) is 19.4. The Balaban J connectivity index is 2.13. The van der Waals surface area contributed by atoms with Gasteiger partial charge >= 0.3 is 0 Å². The fraction of sp³-hybridized carbons (Fsp3) is 0.444. The summed E-state index contributed by atoms with van der Waals surface area (Å²) in [4.78, 5) is 0. The molecule has 25 heavy (non-hydrogen) atoms. The van der Waals surface area contributed by atoms with Crippen molar-refractivity contribution >= 4 is 11.6 Å². The first-order valence-corrected chi connectivity index (χ1v) is 8.40. The van der Waals surface area contributed by atoms with Crippen molar-refractivity contribution in [2.45, 2.75) is 32.4 Å². The quantitative estimate of drug-likeness (QED) is 0.785. The van der Waals surface area contributed by atoms with Crippen molar-refractivity contribution in [1.29, 1.82) is 0 Å². The van der Waals surface area contributed by atoms with Crippen molar-refractivity contribution < 1.29 is 14.6 Å². The Kier molecular flexibility index (Phi) is 6.58. The number of nitrogens with one attached hydrogen (secondary N) is 1. The molecule has 1 aromatic heterocycles. The van der Waals surface area contributed by atoms with E-state index in [4.69, 9.17) is 21.1 Å². The standard InChI is InChI=1S/C18H24ClN3O3/c1-18(2,3)20-10-12(23)11-25-16-9-13(24-4)5-6-14(16)15-7-8-17(19)22-21-15/h5-9,12,20,23H,10-11H2,1-4H3. The van der Waals surface area contributed by atoms with Gasteiger partial charge < -0.3 is 19.9 Å². The first-order valence-electron chi connectivity index (χ1n) is 8.02. The van der Waals surface area contributed by atoms with Crippen LogP contribution >= 0.6 is 11.6 Å². The number of halogens is 1. The number of methoxy groups -OCH3 is 1. The minimum absolute atomic E-state index is 0.0684. The van der Waals surface area contributed by atoms with Gasteiger partial charge in [0.15, 0.2) is 5.15 Å². The van der Waals surface area contributed by atoms with Gasteiger partial charge in [-0.2, -0.15) is 0 Å². The number of hydrogen-bond acceptors (Lipinski definition) is 6. The number of benzene rings is 1. The molecule has 0 aliphatic carbocycles. The highest BCUT2D eigenvalue weighted by Crippen LogP contribution is 2.32. The maximum absolute atomic E-state index is 10.1. The second-order valence-electron chi connectivity index (χ2n) is 6.70. The van der Waals surface area contributed by atoms with Crippen molar-refractivity contribution in [3.05, 3.63) is 35.5 Å². The number of β-amino-alcohol motifs (C(OH)–C–C–N with tert-alkyl or cyclic N) is 1. The van der Waals surface area contributed by atoms with Crippen molar-refractivity contribution in [3.63, 3.8) is 0 Å². The highest BCUT2D eigenvalue weighted by molar-refractivity contribution is 6.29. The largest absolute Gasteiger partial charge is 0.497 e. The van der Waals surface area contributed by atoms with Crippen molar-refractivity contribution in [3.8, 4) is 22.8 Å². The van der Waals surface area contributed by atoms with Crippen LogP contribution in [0.4, 0.5) is 0 Å². The van der Waals surface area contributed by atoms with Gasteiger partial charge in [0.1, 0.15) is 24.2 Å². The molecule has 0 saturated carbocycles. The molecule has 0 radical (unpaired) electrons. The molecule has 0 aliphatic rings. The monoisotopic (exact) mass is 365 g/mol. The molecule has 0 saturated heterocycles. The number of hydrogen-bond donors (Lipinski definition) is 2. The van der Waals surface area contributed by atoms with E-state index in [0.29, 0.717) is 28.9 Å². The van der Waals surface area contributed by atoms with Gasteiger partial charge in [-0.3, -0.25) is 0 Å². The van der Waals surface area contributed by atoms with Crippen LogP contribution in [0.5, 0.6) is 11.5 Å². The smallest absolute Gasteiger partial charge is 0.151 e. The van der Waals surface area contributed by atoms with Crippen molar-refractivity contribution in [1.82, 2.24) is 15.5 Å². The molecule has 6 nitrogen and oxygen atoms in total. The van der Waals surface area contributed by atoms with Gasteiger partial charge in [-0.15, -0.1) is 10.2 Å². The summed E-state index contributed by atoms with van der Waals surface area (Å²) < 4.78 is 11.1. The second kappa shape index (κ2) is 8.47. The average Bonchev–Trinajstić information content (AvgIpc) is 2.58. The van der Waals surface area contributed by atoms with Gasteiger partial charge in [0.25, 0.3) is 0 Å². The van der Waals surface area contributed by atoms with E-state index in [9.17, 15) is 5.11 Å². The molecule has 0 aliphatic heterocycles. The van der Waals surface area contributed by atoms with E-state index in [0.717, 1.165) is 5.56 Å².